The molecule has 0 radical (unpaired) electrons. The highest BCUT2D eigenvalue weighted by Crippen LogP contribution is 2.28. The van der Waals surface area contributed by atoms with Crippen LogP contribution in [0.4, 0.5) is 13.2 Å². The Balaban J connectivity index is 2.96. The summed E-state index contributed by atoms with van der Waals surface area (Å²) in [6.45, 7) is 6.83. The minimum absolute atomic E-state index is 0.0197. The average molecular weight is 448 g/mol. The first-order chi connectivity index (χ1) is 15.1. The van der Waals surface area contributed by atoms with Gasteiger partial charge in [-0.1, -0.05) is 24.3 Å². The second-order valence-corrected chi connectivity index (χ2v) is 6.43. The molecule has 1 unspecified atom stereocenters. The maximum atomic E-state index is 12.8. The van der Waals surface area contributed by atoms with Gasteiger partial charge in [-0.05, 0) is 64.3 Å². The van der Waals surface area contributed by atoms with Crippen molar-refractivity contribution in [1.82, 2.24) is 15.6 Å². The maximum Gasteiger partial charge on any atom is 0.433 e. The third-order valence-electron chi connectivity index (χ3n) is 3.99. The summed E-state index contributed by atoms with van der Waals surface area (Å²) in [5.74, 6) is -0.569. The molecule has 1 amide bonds. The highest BCUT2D eigenvalue weighted by molar-refractivity contribution is 5.95. The molecule has 1 atom stereocenters. The largest absolute Gasteiger partial charge is 0.433 e. The summed E-state index contributed by atoms with van der Waals surface area (Å²) >= 11 is 0. The van der Waals surface area contributed by atoms with E-state index in [2.05, 4.69) is 20.6 Å². The average Bonchev–Trinajstić information content (AvgIpc) is 2.74. The van der Waals surface area contributed by atoms with Gasteiger partial charge in [-0.3, -0.25) is 9.79 Å². The minimum atomic E-state index is -4.57. The molecule has 6 nitrogen and oxygen atoms in total. The number of alkyl halides is 3. The van der Waals surface area contributed by atoms with E-state index >= 15 is 0 Å². The monoisotopic (exact) mass is 447 g/mol. The number of pyridine rings is 1. The second kappa shape index (κ2) is 12.9. The van der Waals surface area contributed by atoms with Gasteiger partial charge in [0.15, 0.2) is 0 Å². The fourth-order valence-corrected chi connectivity index (χ4v) is 2.41. The van der Waals surface area contributed by atoms with Gasteiger partial charge in [0.25, 0.3) is 5.91 Å². The summed E-state index contributed by atoms with van der Waals surface area (Å²) in [7, 11) is 0. The molecule has 0 spiro atoms. The first kappa shape index (κ1) is 26.4. The lowest BCUT2D eigenvalue weighted by Gasteiger charge is -2.16. The Hall–Kier alpha value is -3.62. The van der Waals surface area contributed by atoms with Crippen molar-refractivity contribution in [2.75, 3.05) is 0 Å². The number of nitrogens with one attached hydrogen (secondary N) is 2. The first-order valence-corrected chi connectivity index (χ1v) is 9.82. The number of nitrogens with zero attached hydrogens (tertiary/aromatic N) is 2. The van der Waals surface area contributed by atoms with Crippen molar-refractivity contribution >= 4 is 12.1 Å². The molecule has 0 saturated heterocycles. The van der Waals surface area contributed by atoms with Crippen molar-refractivity contribution < 1.29 is 18.0 Å². The zero-order valence-electron chi connectivity index (χ0n) is 18.4. The molecule has 9 heteroatoms. The van der Waals surface area contributed by atoms with Gasteiger partial charge in [-0.15, -0.1) is 0 Å². The van der Waals surface area contributed by atoms with Crippen LogP contribution < -0.4 is 16.4 Å². The van der Waals surface area contributed by atoms with E-state index in [1.54, 1.807) is 49.6 Å². The fourth-order valence-electron chi connectivity index (χ4n) is 2.41. The number of halogens is 3. The maximum absolute atomic E-state index is 12.8. The summed E-state index contributed by atoms with van der Waals surface area (Å²) in [4.78, 5) is 20.3. The molecule has 1 aromatic rings. The zero-order chi connectivity index (χ0) is 24.1. The summed E-state index contributed by atoms with van der Waals surface area (Å²) in [5, 5.41) is 5.65. The normalized spacial score (nSPS) is 14.7. The van der Waals surface area contributed by atoms with E-state index in [1.165, 1.54) is 13.1 Å². The summed E-state index contributed by atoms with van der Waals surface area (Å²) in [6.07, 6.45) is 10.0. The topological polar surface area (TPSA) is 92.4 Å². The smallest absolute Gasteiger partial charge is 0.397 e. The molecule has 0 aliphatic carbocycles. The summed E-state index contributed by atoms with van der Waals surface area (Å²) in [6, 6.07) is 1.89. The van der Waals surface area contributed by atoms with E-state index in [9.17, 15) is 18.0 Å². The molecule has 0 aliphatic heterocycles. The lowest BCUT2D eigenvalue weighted by Crippen LogP contribution is -2.42. The number of allylic oxidation sites excluding steroid dienone is 6. The van der Waals surface area contributed by atoms with Gasteiger partial charge in [0, 0.05) is 6.21 Å². The van der Waals surface area contributed by atoms with Crippen LogP contribution in [0.5, 0.6) is 0 Å². The van der Waals surface area contributed by atoms with E-state index in [0.717, 1.165) is 12.1 Å². The van der Waals surface area contributed by atoms with E-state index < -0.39 is 23.9 Å². The predicted octanol–water partition coefficient (Wildman–Crippen LogP) is 4.54. The number of aliphatic imine (C=N–C) groups is 1. The van der Waals surface area contributed by atoms with E-state index in [0.29, 0.717) is 11.4 Å². The molecule has 1 heterocycles. The van der Waals surface area contributed by atoms with Gasteiger partial charge in [0.1, 0.15) is 11.9 Å². The van der Waals surface area contributed by atoms with Gasteiger partial charge in [0.05, 0.1) is 22.7 Å². The number of carbonyl (C=O) groups excluding carboxylic acids is 1. The molecule has 0 saturated carbocycles. The van der Waals surface area contributed by atoms with Crippen molar-refractivity contribution in [2.24, 2.45) is 10.7 Å². The van der Waals surface area contributed by atoms with Gasteiger partial charge >= 0.3 is 6.18 Å². The highest BCUT2D eigenvalue weighted by atomic mass is 19.4. The predicted molar refractivity (Wildman–Crippen MR) is 122 cm³/mol. The Kier molecular flexibility index (Phi) is 10.7. The van der Waals surface area contributed by atoms with Crippen LogP contribution in [0.25, 0.3) is 0 Å². The Labute approximate surface area is 186 Å². The van der Waals surface area contributed by atoms with E-state index in [4.69, 9.17) is 5.73 Å². The number of aryl methyl sites for hydroxylation is 1. The number of carbonyl (C=O) groups is 1. The molecule has 0 aromatic carbocycles. The quantitative estimate of drug-likeness (QED) is 0.294. The highest BCUT2D eigenvalue weighted by Gasteiger charge is 2.33. The van der Waals surface area contributed by atoms with Crippen LogP contribution in [0.1, 0.15) is 42.5 Å². The van der Waals surface area contributed by atoms with Crippen LogP contribution in [0, 0.1) is 6.92 Å². The molecule has 0 fully saturated rings. The third kappa shape index (κ3) is 8.63. The Morgan fingerprint density at radius 2 is 1.91 bits per heavy atom. The molecule has 1 aromatic heterocycles. The molecular weight excluding hydrogens is 419 g/mol. The van der Waals surface area contributed by atoms with Gasteiger partial charge < -0.3 is 16.4 Å². The SMILES string of the molecule is C\C=C/C=C(N)\C(=C/C)\N=C\C=C\C(N/C=C\C)NC(=O)c1ccc(C(F)(F)F)nc1C. The standard InChI is InChI=1S/C23H28F3N5O/c1-5-8-10-18(27)19(7-3)28-15-9-11-21(29-14-6-2)31-22(32)17-12-13-20(23(24,25)26)30-16(17)4/h5-15,21,29H,27H2,1-4H3,(H,31,32)/b8-5-,11-9+,14-6-,18-10+,19-7+,28-15+. The number of hydrogen-bond donors (Lipinski definition) is 3. The number of hydrogen-bond acceptors (Lipinski definition) is 5. The van der Waals surface area contributed by atoms with Crippen LogP contribution in [-0.4, -0.2) is 23.3 Å². The molecule has 172 valence electrons. The van der Waals surface area contributed by atoms with Crippen molar-refractivity contribution in [1.29, 1.82) is 0 Å². The lowest BCUT2D eigenvalue weighted by atomic mass is 10.1. The van der Waals surface area contributed by atoms with Crippen LogP contribution in [0.2, 0.25) is 0 Å². The van der Waals surface area contributed by atoms with Gasteiger partial charge in [0.2, 0.25) is 0 Å². The van der Waals surface area contributed by atoms with Gasteiger partial charge in [-0.25, -0.2) is 4.98 Å². The Morgan fingerprint density at radius 1 is 1.19 bits per heavy atom. The van der Waals surface area contributed by atoms with Crippen LogP contribution in [-0.2, 0) is 6.18 Å². The molecule has 0 bridgehead atoms. The zero-order valence-corrected chi connectivity index (χ0v) is 18.4. The molecule has 4 N–H and O–H groups in total. The lowest BCUT2D eigenvalue weighted by molar-refractivity contribution is -0.141. The number of rotatable bonds is 9. The van der Waals surface area contributed by atoms with Crippen LogP contribution in [0.3, 0.4) is 0 Å². The molecule has 0 aliphatic rings. The van der Waals surface area contributed by atoms with Crippen molar-refractivity contribution in [3.05, 3.63) is 89.2 Å². The van der Waals surface area contributed by atoms with Gasteiger partial charge in [-0.2, -0.15) is 13.2 Å². The van der Waals surface area contributed by atoms with E-state index in [1.807, 2.05) is 19.9 Å². The number of amides is 1. The van der Waals surface area contributed by atoms with Crippen LogP contribution >= 0.6 is 0 Å². The molecule has 1 rings (SSSR count). The van der Waals surface area contributed by atoms with Crippen LogP contribution in [0.15, 0.2) is 77.3 Å². The third-order valence-corrected chi connectivity index (χ3v) is 3.99. The van der Waals surface area contributed by atoms with E-state index in [-0.39, 0.29) is 11.3 Å². The molecular formula is C23H28F3N5O. The minimum Gasteiger partial charge on any atom is -0.397 e. The molecule has 32 heavy (non-hydrogen) atoms. The second-order valence-electron chi connectivity index (χ2n) is 6.43. The van der Waals surface area contributed by atoms with Crippen molar-refractivity contribution in [3.8, 4) is 0 Å². The fraction of sp³-hybridized carbons (Fsp3) is 0.261. The number of nitrogens with two attached hydrogens (primary N) is 1. The summed E-state index contributed by atoms with van der Waals surface area (Å²) in [5.41, 5.74) is 6.01. The Bertz CT molecular complexity index is 957. The Morgan fingerprint density at radius 3 is 2.47 bits per heavy atom. The summed E-state index contributed by atoms with van der Waals surface area (Å²) < 4.78 is 38.4. The first-order valence-electron chi connectivity index (χ1n) is 9.82. The number of aromatic nitrogens is 1. The van der Waals surface area contributed by atoms with Crippen molar-refractivity contribution in [2.45, 2.75) is 40.0 Å². The van der Waals surface area contributed by atoms with Crippen molar-refractivity contribution in [3.63, 3.8) is 0 Å².